The predicted molar refractivity (Wildman–Crippen MR) is 68.8 cm³/mol. The van der Waals surface area contributed by atoms with E-state index in [9.17, 15) is 9.18 Å². The van der Waals surface area contributed by atoms with Gasteiger partial charge in [0.25, 0.3) is 0 Å². The molecule has 0 bridgehead atoms. The number of hydrogen-bond donors (Lipinski definition) is 0. The summed E-state index contributed by atoms with van der Waals surface area (Å²) in [6, 6.07) is 7.47. The van der Waals surface area contributed by atoms with Gasteiger partial charge < -0.3 is 0 Å². The van der Waals surface area contributed by atoms with Gasteiger partial charge in [-0.15, -0.1) is 0 Å². The third-order valence-electron chi connectivity index (χ3n) is 2.67. The number of nitrogens with zero attached hydrogens (tertiary/aromatic N) is 3. The largest absolute Gasteiger partial charge is 0.296 e. The Morgan fingerprint density at radius 1 is 1.32 bits per heavy atom. The van der Waals surface area contributed by atoms with Crippen molar-refractivity contribution < 1.29 is 9.18 Å². The summed E-state index contributed by atoms with van der Waals surface area (Å²) in [6.07, 6.45) is 2.18. The highest BCUT2D eigenvalue weighted by Crippen LogP contribution is 2.27. The standard InChI is InChI=1S/C13H7ClFN3O/c14-9-4-8(5-10(15)6-9)13-11(7-19)17-12-2-1-3-16-18(12)13/h1-7H. The van der Waals surface area contributed by atoms with Gasteiger partial charge in [0.2, 0.25) is 0 Å². The molecule has 0 radical (unpaired) electrons. The zero-order valence-corrected chi connectivity index (χ0v) is 10.3. The zero-order chi connectivity index (χ0) is 13.4. The van der Waals surface area contributed by atoms with Crippen LogP contribution in [-0.4, -0.2) is 20.9 Å². The van der Waals surface area contributed by atoms with Crippen LogP contribution >= 0.6 is 11.6 Å². The lowest BCUT2D eigenvalue weighted by Crippen LogP contribution is -1.95. The normalized spacial score (nSPS) is 10.8. The first-order valence-corrected chi connectivity index (χ1v) is 5.82. The molecule has 0 amide bonds. The van der Waals surface area contributed by atoms with E-state index in [1.165, 1.54) is 16.6 Å². The number of aldehydes is 1. The Balaban J connectivity index is 2.37. The van der Waals surface area contributed by atoms with Crippen LogP contribution in [0.5, 0.6) is 0 Å². The summed E-state index contributed by atoms with van der Waals surface area (Å²) in [6.45, 7) is 0. The fraction of sp³-hybridized carbons (Fsp3) is 0. The van der Waals surface area contributed by atoms with Crippen molar-refractivity contribution in [3.63, 3.8) is 0 Å². The lowest BCUT2D eigenvalue weighted by Gasteiger charge is -2.03. The molecular formula is C13H7ClFN3O. The first-order chi connectivity index (χ1) is 9.19. The van der Waals surface area contributed by atoms with Gasteiger partial charge in [0.1, 0.15) is 17.2 Å². The molecule has 19 heavy (non-hydrogen) atoms. The van der Waals surface area contributed by atoms with Crippen molar-refractivity contribution in [2.45, 2.75) is 0 Å². The van der Waals surface area contributed by atoms with Gasteiger partial charge in [0, 0.05) is 16.8 Å². The minimum absolute atomic E-state index is 0.195. The fourth-order valence-corrected chi connectivity index (χ4v) is 2.17. The molecule has 1 aromatic carbocycles. The minimum Gasteiger partial charge on any atom is -0.296 e. The third-order valence-corrected chi connectivity index (χ3v) is 2.89. The molecular weight excluding hydrogens is 269 g/mol. The van der Waals surface area contributed by atoms with Gasteiger partial charge in [0.15, 0.2) is 11.9 Å². The molecule has 3 aromatic rings. The molecule has 0 saturated heterocycles. The van der Waals surface area contributed by atoms with Gasteiger partial charge in [-0.2, -0.15) is 5.10 Å². The van der Waals surface area contributed by atoms with Crippen LogP contribution in [-0.2, 0) is 0 Å². The predicted octanol–water partition coefficient (Wildman–Crippen LogP) is 3.00. The Labute approximate surface area is 112 Å². The van der Waals surface area contributed by atoms with Crippen LogP contribution in [0.15, 0.2) is 36.5 Å². The van der Waals surface area contributed by atoms with E-state index in [0.29, 0.717) is 23.2 Å². The van der Waals surface area contributed by atoms with Crippen LogP contribution in [0.3, 0.4) is 0 Å². The number of benzene rings is 1. The van der Waals surface area contributed by atoms with E-state index < -0.39 is 5.82 Å². The van der Waals surface area contributed by atoms with Crippen molar-refractivity contribution in [1.29, 1.82) is 0 Å². The number of carbonyl (C=O) groups is 1. The van der Waals surface area contributed by atoms with Gasteiger partial charge in [-0.05, 0) is 30.3 Å². The second-order valence-electron chi connectivity index (χ2n) is 3.92. The molecule has 0 aliphatic rings. The summed E-state index contributed by atoms with van der Waals surface area (Å²) in [5, 5.41) is 4.36. The highest BCUT2D eigenvalue weighted by Gasteiger charge is 2.15. The average molecular weight is 276 g/mol. The number of imidazole rings is 1. The number of halogens is 2. The summed E-state index contributed by atoms with van der Waals surface area (Å²) in [7, 11) is 0. The van der Waals surface area contributed by atoms with Crippen molar-refractivity contribution in [3.8, 4) is 11.3 Å². The van der Waals surface area contributed by atoms with Gasteiger partial charge >= 0.3 is 0 Å². The van der Waals surface area contributed by atoms with Gasteiger partial charge in [-0.3, -0.25) is 4.79 Å². The maximum atomic E-state index is 13.4. The molecule has 0 N–H and O–H groups in total. The molecule has 0 saturated carbocycles. The monoisotopic (exact) mass is 275 g/mol. The van der Waals surface area contributed by atoms with E-state index in [1.807, 2.05) is 0 Å². The SMILES string of the molecule is O=Cc1nc2cccnn2c1-c1cc(F)cc(Cl)c1. The maximum Gasteiger partial charge on any atom is 0.170 e. The highest BCUT2D eigenvalue weighted by molar-refractivity contribution is 6.30. The first-order valence-electron chi connectivity index (χ1n) is 5.44. The Morgan fingerprint density at radius 2 is 2.16 bits per heavy atom. The molecule has 0 atom stereocenters. The summed E-state index contributed by atoms with van der Waals surface area (Å²) >= 11 is 5.84. The van der Waals surface area contributed by atoms with Crippen LogP contribution in [0.25, 0.3) is 16.9 Å². The van der Waals surface area contributed by atoms with Gasteiger partial charge in [-0.1, -0.05) is 11.6 Å². The van der Waals surface area contributed by atoms with E-state index in [0.717, 1.165) is 0 Å². The molecule has 0 fully saturated rings. The van der Waals surface area contributed by atoms with E-state index in [1.54, 1.807) is 24.4 Å². The molecule has 0 unspecified atom stereocenters. The minimum atomic E-state index is -0.481. The van der Waals surface area contributed by atoms with Crippen LogP contribution in [0.1, 0.15) is 10.5 Å². The Morgan fingerprint density at radius 3 is 2.89 bits per heavy atom. The molecule has 94 valence electrons. The quantitative estimate of drug-likeness (QED) is 0.676. The summed E-state index contributed by atoms with van der Waals surface area (Å²) < 4.78 is 14.9. The molecule has 2 aromatic heterocycles. The van der Waals surface area contributed by atoms with Crippen LogP contribution in [0.4, 0.5) is 4.39 Å². The van der Waals surface area contributed by atoms with E-state index in [4.69, 9.17) is 11.6 Å². The van der Waals surface area contributed by atoms with E-state index in [2.05, 4.69) is 10.1 Å². The lowest BCUT2D eigenvalue weighted by atomic mass is 10.1. The smallest absolute Gasteiger partial charge is 0.170 e. The number of rotatable bonds is 2. The van der Waals surface area contributed by atoms with E-state index >= 15 is 0 Å². The Bertz CT molecular complexity index is 764. The second-order valence-corrected chi connectivity index (χ2v) is 4.35. The third kappa shape index (κ3) is 1.98. The van der Waals surface area contributed by atoms with Crippen LogP contribution < -0.4 is 0 Å². The topological polar surface area (TPSA) is 47.3 Å². The maximum absolute atomic E-state index is 13.4. The summed E-state index contributed by atoms with van der Waals surface area (Å²) in [5.41, 5.74) is 1.59. The van der Waals surface area contributed by atoms with Gasteiger partial charge in [-0.25, -0.2) is 13.9 Å². The first kappa shape index (κ1) is 11.8. The molecule has 0 spiro atoms. The van der Waals surface area contributed by atoms with Crippen LogP contribution in [0.2, 0.25) is 5.02 Å². The van der Waals surface area contributed by atoms with Crippen LogP contribution in [0, 0.1) is 5.82 Å². The molecule has 2 heterocycles. The molecule has 0 aliphatic carbocycles. The number of aromatic nitrogens is 3. The number of fused-ring (bicyclic) bond motifs is 1. The molecule has 6 heteroatoms. The second kappa shape index (κ2) is 4.44. The van der Waals surface area contributed by atoms with Crippen molar-refractivity contribution in [2.24, 2.45) is 0 Å². The van der Waals surface area contributed by atoms with Crippen molar-refractivity contribution >= 4 is 23.5 Å². The van der Waals surface area contributed by atoms with Crippen molar-refractivity contribution in [1.82, 2.24) is 14.6 Å². The molecule has 3 rings (SSSR count). The molecule has 4 nitrogen and oxygen atoms in total. The van der Waals surface area contributed by atoms with Gasteiger partial charge in [0.05, 0.1) is 0 Å². The number of hydrogen-bond acceptors (Lipinski definition) is 3. The average Bonchev–Trinajstić information content (AvgIpc) is 2.75. The fourth-order valence-electron chi connectivity index (χ4n) is 1.95. The van der Waals surface area contributed by atoms with Crippen molar-refractivity contribution in [3.05, 3.63) is 53.1 Å². The number of carbonyl (C=O) groups excluding carboxylic acids is 1. The zero-order valence-electron chi connectivity index (χ0n) is 9.55. The van der Waals surface area contributed by atoms with E-state index in [-0.39, 0.29) is 10.7 Å². The lowest BCUT2D eigenvalue weighted by molar-refractivity contribution is 0.112. The van der Waals surface area contributed by atoms with Crippen molar-refractivity contribution in [2.75, 3.05) is 0 Å². The Hall–Kier alpha value is -2.27. The summed E-state index contributed by atoms with van der Waals surface area (Å²) in [5.74, 6) is -0.481. The summed E-state index contributed by atoms with van der Waals surface area (Å²) in [4.78, 5) is 15.2. The highest BCUT2D eigenvalue weighted by atomic mass is 35.5. The Kier molecular flexibility index (Phi) is 2.76. The molecule has 0 aliphatic heterocycles.